The molecule has 3 aromatic rings. The highest BCUT2D eigenvalue weighted by Gasteiger charge is 2.22. The lowest BCUT2D eigenvalue weighted by atomic mass is 10.00. The van der Waals surface area contributed by atoms with Gasteiger partial charge >= 0.3 is 0 Å². The molecule has 0 saturated carbocycles. The molecule has 4 heteroatoms. The van der Waals surface area contributed by atoms with E-state index in [0.717, 1.165) is 30.4 Å². The number of aryl methyl sites for hydroxylation is 1. The van der Waals surface area contributed by atoms with Gasteiger partial charge in [0.1, 0.15) is 0 Å². The number of sulfonamides is 1. The van der Waals surface area contributed by atoms with E-state index < -0.39 is 16.1 Å². The van der Waals surface area contributed by atoms with Crippen LogP contribution in [0.5, 0.6) is 0 Å². The van der Waals surface area contributed by atoms with Gasteiger partial charge < -0.3 is 0 Å². The molecule has 0 saturated heterocycles. The van der Waals surface area contributed by atoms with E-state index in [0.29, 0.717) is 4.90 Å². The normalized spacial score (nSPS) is 11.6. The fraction of sp³-hybridized carbons (Fsp3) is 0.217. The van der Waals surface area contributed by atoms with Gasteiger partial charge in [-0.2, -0.15) is 4.72 Å². The molecule has 0 aliphatic heterocycles. The minimum Gasteiger partial charge on any atom is -0.207 e. The second-order valence-electron chi connectivity index (χ2n) is 6.62. The summed E-state index contributed by atoms with van der Waals surface area (Å²) >= 11 is 0. The molecular weight excluding hydrogens is 354 g/mol. The van der Waals surface area contributed by atoms with E-state index in [4.69, 9.17) is 0 Å². The summed E-state index contributed by atoms with van der Waals surface area (Å²) in [7, 11) is -3.64. The molecule has 1 N–H and O–H groups in total. The van der Waals surface area contributed by atoms with Crippen LogP contribution in [0.15, 0.2) is 89.8 Å². The Labute approximate surface area is 162 Å². The Bertz CT molecular complexity index is 897. The summed E-state index contributed by atoms with van der Waals surface area (Å²) in [6, 6.07) is 26.1. The number of unbranched alkanes of at least 4 members (excludes halogenated alkanes) is 1. The van der Waals surface area contributed by atoms with Gasteiger partial charge in [-0.1, -0.05) is 86.1 Å². The second-order valence-corrected chi connectivity index (χ2v) is 8.34. The van der Waals surface area contributed by atoms with Crippen molar-refractivity contribution < 1.29 is 8.42 Å². The largest absolute Gasteiger partial charge is 0.241 e. The molecule has 0 atom stereocenters. The fourth-order valence-electron chi connectivity index (χ4n) is 3.06. The van der Waals surface area contributed by atoms with E-state index in [1.807, 2.05) is 72.8 Å². The predicted octanol–water partition coefficient (Wildman–Crippen LogP) is 5.10. The Hall–Kier alpha value is -2.43. The van der Waals surface area contributed by atoms with E-state index in [1.165, 1.54) is 5.56 Å². The van der Waals surface area contributed by atoms with Crippen molar-refractivity contribution in [3.8, 4) is 0 Å². The van der Waals surface area contributed by atoms with Crippen molar-refractivity contribution in [3.05, 3.63) is 102 Å². The van der Waals surface area contributed by atoms with E-state index in [9.17, 15) is 8.42 Å². The summed E-state index contributed by atoms with van der Waals surface area (Å²) in [5.41, 5.74) is 2.98. The molecule has 0 aromatic heterocycles. The maximum Gasteiger partial charge on any atom is 0.241 e. The van der Waals surface area contributed by atoms with E-state index in [-0.39, 0.29) is 0 Å². The molecule has 0 aliphatic carbocycles. The van der Waals surface area contributed by atoms with Crippen LogP contribution in [0.25, 0.3) is 0 Å². The molecule has 0 spiro atoms. The Kier molecular flexibility index (Phi) is 6.43. The minimum absolute atomic E-state index is 0.291. The number of nitrogens with one attached hydrogen (secondary N) is 1. The van der Waals surface area contributed by atoms with Crippen LogP contribution in [0, 0.1) is 0 Å². The first-order valence-corrected chi connectivity index (χ1v) is 10.8. The first-order chi connectivity index (χ1) is 13.1. The third kappa shape index (κ3) is 5.06. The molecule has 3 aromatic carbocycles. The van der Waals surface area contributed by atoms with Gasteiger partial charge in [0.2, 0.25) is 10.0 Å². The molecule has 0 radical (unpaired) electrons. The zero-order valence-corrected chi connectivity index (χ0v) is 16.3. The van der Waals surface area contributed by atoms with Crippen LogP contribution >= 0.6 is 0 Å². The summed E-state index contributed by atoms with van der Waals surface area (Å²) in [6.07, 6.45) is 3.20. The van der Waals surface area contributed by atoms with Crippen LogP contribution in [-0.4, -0.2) is 8.42 Å². The number of hydrogen-bond acceptors (Lipinski definition) is 2. The van der Waals surface area contributed by atoms with Crippen molar-refractivity contribution in [2.75, 3.05) is 0 Å². The number of hydrogen-bond donors (Lipinski definition) is 1. The molecule has 140 valence electrons. The SMILES string of the molecule is CCCCc1ccc(S(=O)(=O)NC(c2ccccc2)c2ccccc2)cc1. The van der Waals surface area contributed by atoms with E-state index >= 15 is 0 Å². The Morgan fingerprint density at radius 3 is 1.78 bits per heavy atom. The van der Waals surface area contributed by atoms with Crippen molar-refractivity contribution >= 4 is 10.0 Å². The first-order valence-electron chi connectivity index (χ1n) is 9.31. The van der Waals surface area contributed by atoms with Crippen LogP contribution in [-0.2, 0) is 16.4 Å². The standard InChI is InChI=1S/C23H25NO2S/c1-2-3-10-19-15-17-22(18-16-19)27(25,26)24-23(20-11-6-4-7-12-20)21-13-8-5-9-14-21/h4-9,11-18,23-24H,2-3,10H2,1H3. The Balaban J connectivity index is 1.88. The Morgan fingerprint density at radius 2 is 1.30 bits per heavy atom. The van der Waals surface area contributed by atoms with Crippen LogP contribution in [0.1, 0.15) is 42.5 Å². The van der Waals surface area contributed by atoms with Crippen LogP contribution in [0.3, 0.4) is 0 Å². The Morgan fingerprint density at radius 1 is 0.778 bits per heavy atom. The summed E-state index contributed by atoms with van der Waals surface area (Å²) in [5, 5.41) is 0. The average molecular weight is 380 g/mol. The zero-order chi connectivity index (χ0) is 19.1. The quantitative estimate of drug-likeness (QED) is 0.592. The maximum absolute atomic E-state index is 13.0. The lowest BCUT2D eigenvalue weighted by molar-refractivity contribution is 0.572. The smallest absolute Gasteiger partial charge is 0.207 e. The van der Waals surface area contributed by atoms with E-state index in [1.54, 1.807) is 12.1 Å². The van der Waals surface area contributed by atoms with E-state index in [2.05, 4.69) is 11.6 Å². The highest BCUT2D eigenvalue weighted by Crippen LogP contribution is 2.24. The first kappa shape index (κ1) is 19.3. The van der Waals surface area contributed by atoms with Gasteiger partial charge in [-0.25, -0.2) is 8.42 Å². The molecule has 3 rings (SSSR count). The molecule has 3 nitrogen and oxygen atoms in total. The van der Waals surface area contributed by atoms with Gasteiger partial charge in [0, 0.05) is 0 Å². The van der Waals surface area contributed by atoms with Gasteiger partial charge in [0.05, 0.1) is 10.9 Å². The molecule has 0 aliphatic rings. The minimum atomic E-state index is -3.64. The average Bonchev–Trinajstić information content (AvgIpc) is 2.72. The molecule has 0 bridgehead atoms. The molecule has 0 amide bonds. The van der Waals surface area contributed by atoms with Gasteiger partial charge in [-0.05, 0) is 41.7 Å². The lowest BCUT2D eigenvalue weighted by Crippen LogP contribution is -2.29. The van der Waals surface area contributed by atoms with Gasteiger partial charge in [0.15, 0.2) is 0 Å². The van der Waals surface area contributed by atoms with Crippen molar-refractivity contribution in [2.24, 2.45) is 0 Å². The van der Waals surface area contributed by atoms with Crippen molar-refractivity contribution in [2.45, 2.75) is 37.1 Å². The lowest BCUT2D eigenvalue weighted by Gasteiger charge is -2.20. The fourth-order valence-corrected chi connectivity index (χ4v) is 4.27. The monoisotopic (exact) mass is 379 g/mol. The van der Waals surface area contributed by atoms with Crippen LogP contribution < -0.4 is 4.72 Å². The molecular formula is C23H25NO2S. The maximum atomic E-state index is 13.0. The number of benzene rings is 3. The van der Waals surface area contributed by atoms with Gasteiger partial charge in [0.25, 0.3) is 0 Å². The summed E-state index contributed by atoms with van der Waals surface area (Å²) in [5.74, 6) is 0. The van der Waals surface area contributed by atoms with Crippen LogP contribution in [0.2, 0.25) is 0 Å². The van der Waals surface area contributed by atoms with Crippen molar-refractivity contribution in [1.29, 1.82) is 0 Å². The highest BCUT2D eigenvalue weighted by atomic mass is 32.2. The molecule has 0 heterocycles. The molecule has 0 unspecified atom stereocenters. The summed E-state index contributed by atoms with van der Waals surface area (Å²) in [6.45, 7) is 2.15. The van der Waals surface area contributed by atoms with Gasteiger partial charge in [-0.3, -0.25) is 0 Å². The zero-order valence-electron chi connectivity index (χ0n) is 15.5. The molecule has 0 fully saturated rings. The number of rotatable bonds is 8. The summed E-state index contributed by atoms with van der Waals surface area (Å²) < 4.78 is 28.9. The third-order valence-corrected chi connectivity index (χ3v) is 6.03. The predicted molar refractivity (Wildman–Crippen MR) is 110 cm³/mol. The van der Waals surface area contributed by atoms with Crippen LogP contribution in [0.4, 0.5) is 0 Å². The highest BCUT2D eigenvalue weighted by molar-refractivity contribution is 7.89. The summed E-state index contributed by atoms with van der Waals surface area (Å²) in [4.78, 5) is 0.291. The van der Waals surface area contributed by atoms with Gasteiger partial charge in [-0.15, -0.1) is 0 Å². The van der Waals surface area contributed by atoms with Crippen molar-refractivity contribution in [1.82, 2.24) is 4.72 Å². The topological polar surface area (TPSA) is 46.2 Å². The van der Waals surface area contributed by atoms with Crippen molar-refractivity contribution in [3.63, 3.8) is 0 Å². The third-order valence-electron chi connectivity index (χ3n) is 4.59. The molecule has 27 heavy (non-hydrogen) atoms. The second kappa shape index (κ2) is 8.98.